The zero-order chi connectivity index (χ0) is 21.7. The molecule has 0 radical (unpaired) electrons. The van der Waals surface area contributed by atoms with Crippen molar-refractivity contribution >= 4 is 77.3 Å². The third-order valence-electron chi connectivity index (χ3n) is 6.00. The third-order valence-corrected chi connectivity index (χ3v) is 9.51. The standard InChI is InChI=1S/C27H23N2S3/c1-3-28-23(30-22-17-16-18-10-5-6-11-19(18)25(22)28)14-9-15-24-29(4-2)26-20-12-7-8-13-21(20)31-27(26)32-24/h5-17H,3-4H2,1-2H3/q+1. The number of aryl methyl sites for hydroxylation is 1. The van der Waals surface area contributed by atoms with Crippen LogP contribution in [0.5, 0.6) is 0 Å². The van der Waals surface area contributed by atoms with Gasteiger partial charge in [-0.3, -0.25) is 0 Å². The molecule has 0 fully saturated rings. The molecule has 6 rings (SSSR count). The van der Waals surface area contributed by atoms with E-state index in [1.54, 1.807) is 0 Å². The summed E-state index contributed by atoms with van der Waals surface area (Å²) in [4.78, 5) is 2.45. The zero-order valence-corrected chi connectivity index (χ0v) is 20.5. The summed E-state index contributed by atoms with van der Waals surface area (Å²) in [5.41, 5.74) is 2.73. The lowest BCUT2D eigenvalue weighted by molar-refractivity contribution is -0.664. The van der Waals surface area contributed by atoms with Crippen LogP contribution in [0.15, 0.2) is 82.1 Å². The van der Waals surface area contributed by atoms with Crippen LogP contribution in [-0.2, 0) is 6.54 Å². The van der Waals surface area contributed by atoms with Crippen molar-refractivity contribution in [2.75, 3.05) is 11.4 Å². The van der Waals surface area contributed by atoms with Gasteiger partial charge in [0.15, 0.2) is 0 Å². The Morgan fingerprint density at radius 2 is 1.69 bits per heavy atom. The molecular formula is C27H23N2S3+. The Kier molecular flexibility index (Phi) is 5.05. The minimum atomic E-state index is 0.962. The van der Waals surface area contributed by atoms with E-state index < -0.39 is 0 Å². The smallest absolute Gasteiger partial charge is 0.262 e. The molecule has 5 heteroatoms. The highest BCUT2D eigenvalue weighted by molar-refractivity contribution is 8.05. The highest BCUT2D eigenvalue weighted by Gasteiger charge is 2.28. The molecule has 32 heavy (non-hydrogen) atoms. The van der Waals surface area contributed by atoms with Crippen molar-refractivity contribution < 1.29 is 4.57 Å². The predicted octanol–water partition coefficient (Wildman–Crippen LogP) is 8.06. The minimum Gasteiger partial charge on any atom is -0.334 e. The Balaban J connectivity index is 1.38. The fourth-order valence-corrected chi connectivity index (χ4v) is 8.33. The molecule has 3 aromatic carbocycles. The quantitative estimate of drug-likeness (QED) is 0.245. The van der Waals surface area contributed by atoms with Crippen LogP contribution in [0, 0.1) is 0 Å². The predicted molar refractivity (Wildman–Crippen MR) is 143 cm³/mol. The summed E-state index contributed by atoms with van der Waals surface area (Å²) < 4.78 is 6.57. The van der Waals surface area contributed by atoms with E-state index in [4.69, 9.17) is 0 Å². The van der Waals surface area contributed by atoms with Crippen LogP contribution in [0.1, 0.15) is 18.9 Å². The molecule has 0 saturated heterocycles. The second-order valence-electron chi connectivity index (χ2n) is 7.76. The van der Waals surface area contributed by atoms with Gasteiger partial charge >= 0.3 is 0 Å². The van der Waals surface area contributed by atoms with Gasteiger partial charge in [0.25, 0.3) is 5.01 Å². The average molecular weight is 472 g/mol. The lowest BCUT2D eigenvalue weighted by Crippen LogP contribution is -2.33. The number of hydrogen-bond donors (Lipinski definition) is 0. The summed E-state index contributed by atoms with van der Waals surface area (Å²) in [7, 11) is 0. The molecule has 1 aliphatic rings. The molecule has 0 unspecified atom stereocenters. The van der Waals surface area contributed by atoms with Gasteiger partial charge in [0.05, 0.1) is 20.3 Å². The fraction of sp³-hybridized carbons (Fsp3) is 0.148. The molecule has 0 amide bonds. The summed E-state index contributed by atoms with van der Waals surface area (Å²) >= 11 is 5.67. The first-order chi connectivity index (χ1) is 15.8. The van der Waals surface area contributed by atoms with Crippen LogP contribution < -0.4 is 9.47 Å². The summed E-state index contributed by atoms with van der Waals surface area (Å²) in [5, 5.41) is 6.61. The molecule has 158 valence electrons. The largest absolute Gasteiger partial charge is 0.334 e. The Hall–Kier alpha value is -2.60. The van der Waals surface area contributed by atoms with E-state index in [2.05, 4.69) is 102 Å². The van der Waals surface area contributed by atoms with Crippen molar-refractivity contribution in [3.8, 4) is 0 Å². The van der Waals surface area contributed by atoms with Gasteiger partial charge in [-0.2, -0.15) is 4.57 Å². The van der Waals surface area contributed by atoms with Gasteiger partial charge in [-0.15, -0.1) is 11.3 Å². The topological polar surface area (TPSA) is 7.12 Å². The van der Waals surface area contributed by atoms with Crippen molar-refractivity contribution in [2.45, 2.75) is 24.6 Å². The van der Waals surface area contributed by atoms with E-state index in [0.29, 0.717) is 0 Å². The summed E-state index contributed by atoms with van der Waals surface area (Å²) in [6.45, 7) is 6.41. The molecule has 0 atom stereocenters. The van der Waals surface area contributed by atoms with Crippen LogP contribution in [0.4, 0.5) is 5.69 Å². The van der Waals surface area contributed by atoms with Gasteiger partial charge in [-0.25, -0.2) is 0 Å². The molecule has 1 aliphatic heterocycles. The Bertz CT molecular complexity index is 1540. The number of aromatic nitrogens is 1. The van der Waals surface area contributed by atoms with E-state index in [9.17, 15) is 0 Å². The maximum Gasteiger partial charge on any atom is 0.262 e. The Morgan fingerprint density at radius 1 is 0.875 bits per heavy atom. The Morgan fingerprint density at radius 3 is 2.53 bits per heavy atom. The third kappa shape index (κ3) is 3.11. The molecule has 0 saturated carbocycles. The lowest BCUT2D eigenvalue weighted by atomic mass is 10.1. The number of thioether (sulfide) groups is 1. The van der Waals surface area contributed by atoms with E-state index in [0.717, 1.165) is 13.1 Å². The van der Waals surface area contributed by atoms with Crippen LogP contribution >= 0.6 is 34.4 Å². The maximum atomic E-state index is 2.45. The van der Waals surface area contributed by atoms with Gasteiger partial charge in [0.2, 0.25) is 5.52 Å². The first kappa shape index (κ1) is 20.0. The first-order valence-electron chi connectivity index (χ1n) is 11.0. The van der Waals surface area contributed by atoms with Crippen molar-refractivity contribution in [2.24, 2.45) is 0 Å². The molecule has 2 nitrogen and oxygen atoms in total. The monoisotopic (exact) mass is 471 g/mol. The van der Waals surface area contributed by atoms with Crippen molar-refractivity contribution in [1.82, 2.24) is 0 Å². The Labute approximate surface area is 200 Å². The zero-order valence-electron chi connectivity index (χ0n) is 18.0. The van der Waals surface area contributed by atoms with Crippen molar-refractivity contribution in [1.29, 1.82) is 0 Å². The molecule has 2 aromatic heterocycles. The number of rotatable bonds is 4. The molecular weight excluding hydrogens is 449 g/mol. The summed E-state index contributed by atoms with van der Waals surface area (Å²) in [5.74, 6) is 0. The van der Waals surface area contributed by atoms with Crippen LogP contribution in [0.3, 0.4) is 0 Å². The minimum absolute atomic E-state index is 0.962. The van der Waals surface area contributed by atoms with Crippen molar-refractivity contribution in [3.05, 3.63) is 82.9 Å². The SMILES string of the molecule is CCN1C(=CC=Cc2sc3ccc4ccccc4c3[n+]2CC)Sc2sc3ccccc3c21. The number of allylic oxidation sites excluding steroid dienone is 2. The second kappa shape index (κ2) is 8.07. The van der Waals surface area contributed by atoms with Gasteiger partial charge in [0.1, 0.15) is 11.2 Å². The molecule has 0 N–H and O–H groups in total. The number of hydrogen-bond acceptors (Lipinski definition) is 4. The molecule has 3 heterocycles. The van der Waals surface area contributed by atoms with E-state index in [-0.39, 0.29) is 0 Å². The number of benzene rings is 3. The van der Waals surface area contributed by atoms with E-state index >= 15 is 0 Å². The molecule has 0 spiro atoms. The van der Waals surface area contributed by atoms with Gasteiger partial charge in [-0.05, 0) is 43.5 Å². The number of thiophene rings is 1. The molecule has 5 aromatic rings. The highest BCUT2D eigenvalue weighted by atomic mass is 32.2. The number of anilines is 1. The van der Waals surface area contributed by atoms with E-state index in [1.807, 2.05) is 34.4 Å². The molecule has 0 aliphatic carbocycles. The number of nitrogens with zero attached hydrogens (tertiary/aromatic N) is 2. The van der Waals surface area contributed by atoms with Gasteiger partial charge < -0.3 is 4.90 Å². The number of thiazole rings is 1. The summed E-state index contributed by atoms with van der Waals surface area (Å²) in [6.07, 6.45) is 6.77. The maximum absolute atomic E-state index is 2.45. The lowest BCUT2D eigenvalue weighted by Gasteiger charge is -2.17. The number of fused-ring (bicyclic) bond motifs is 6. The highest BCUT2D eigenvalue weighted by Crippen LogP contribution is 2.54. The second-order valence-corrected chi connectivity index (χ2v) is 11.2. The van der Waals surface area contributed by atoms with Crippen molar-refractivity contribution in [3.63, 3.8) is 0 Å². The summed E-state index contributed by atoms with van der Waals surface area (Å²) in [6, 6.07) is 21.9. The first-order valence-corrected chi connectivity index (χ1v) is 13.4. The fourth-order valence-electron chi connectivity index (χ4n) is 4.56. The van der Waals surface area contributed by atoms with Crippen LogP contribution in [0.2, 0.25) is 0 Å². The van der Waals surface area contributed by atoms with E-state index in [1.165, 1.54) is 51.0 Å². The van der Waals surface area contributed by atoms with Crippen LogP contribution in [-0.4, -0.2) is 6.54 Å². The normalized spacial score (nSPS) is 15.2. The van der Waals surface area contributed by atoms with Gasteiger partial charge in [0, 0.05) is 22.7 Å². The van der Waals surface area contributed by atoms with Crippen LogP contribution in [0.25, 0.3) is 37.2 Å². The van der Waals surface area contributed by atoms with Gasteiger partial charge in [-0.1, -0.05) is 71.6 Å². The average Bonchev–Trinajstić information content (AvgIpc) is 3.47. The molecule has 0 bridgehead atoms.